The van der Waals surface area contributed by atoms with E-state index in [4.69, 9.17) is 4.42 Å². The van der Waals surface area contributed by atoms with E-state index < -0.39 is 0 Å². The van der Waals surface area contributed by atoms with Crippen LogP contribution in [0.4, 0.5) is 5.13 Å². The molecule has 0 aliphatic rings. The summed E-state index contributed by atoms with van der Waals surface area (Å²) in [6.07, 6.45) is 3.21. The zero-order valence-electron chi connectivity index (χ0n) is 17.2. The molecule has 3 rings (SSSR count). The Morgan fingerprint density at radius 1 is 1.11 bits per heavy atom. The summed E-state index contributed by atoms with van der Waals surface area (Å²) in [5.74, 6) is 1.05. The summed E-state index contributed by atoms with van der Waals surface area (Å²) in [4.78, 5) is 4.66. The van der Waals surface area contributed by atoms with Crippen LogP contribution in [0.3, 0.4) is 0 Å². The average Bonchev–Trinajstić information content (AvgIpc) is 3.25. The number of nitrogens with zero attached hydrogens (tertiary/aromatic N) is 2. The van der Waals surface area contributed by atoms with E-state index in [9.17, 15) is 5.11 Å². The molecule has 2 heterocycles. The zero-order chi connectivity index (χ0) is 20.5. The first kappa shape index (κ1) is 20.1. The minimum absolute atomic E-state index is 0.176. The standard InChI is InChI=1S/C22H27N3O2S/c1-21(2,3)16-10-14(11-17(19(16)26)22(4,5)6)18-13-28-20(24-18)25-23-12-15-8-7-9-27-15/h7-13,26H,1-6H3,(H,24,25)/b23-12-. The Labute approximate surface area is 170 Å². The second-order valence-electron chi connectivity index (χ2n) is 8.84. The number of furan rings is 1. The number of benzene rings is 1. The Kier molecular flexibility index (Phi) is 5.35. The van der Waals surface area contributed by atoms with Crippen LogP contribution in [0.5, 0.6) is 5.75 Å². The van der Waals surface area contributed by atoms with E-state index in [1.54, 1.807) is 12.5 Å². The second kappa shape index (κ2) is 7.43. The molecule has 5 nitrogen and oxygen atoms in total. The van der Waals surface area contributed by atoms with Gasteiger partial charge in [0.15, 0.2) is 0 Å². The first-order valence-electron chi connectivity index (χ1n) is 9.22. The van der Waals surface area contributed by atoms with E-state index in [0.717, 1.165) is 22.4 Å². The lowest BCUT2D eigenvalue weighted by Gasteiger charge is -2.28. The second-order valence-corrected chi connectivity index (χ2v) is 9.70. The molecule has 148 valence electrons. The van der Waals surface area contributed by atoms with Crippen molar-refractivity contribution in [3.8, 4) is 17.0 Å². The van der Waals surface area contributed by atoms with Gasteiger partial charge in [0.25, 0.3) is 0 Å². The Balaban J connectivity index is 1.94. The van der Waals surface area contributed by atoms with Gasteiger partial charge in [-0.3, -0.25) is 5.43 Å². The predicted molar refractivity (Wildman–Crippen MR) is 117 cm³/mol. The smallest absolute Gasteiger partial charge is 0.203 e. The molecule has 0 spiro atoms. The zero-order valence-corrected chi connectivity index (χ0v) is 18.0. The van der Waals surface area contributed by atoms with E-state index in [0.29, 0.717) is 16.6 Å². The average molecular weight is 398 g/mol. The number of anilines is 1. The third-order valence-electron chi connectivity index (χ3n) is 4.42. The molecule has 2 N–H and O–H groups in total. The van der Waals surface area contributed by atoms with Crippen LogP contribution in [-0.4, -0.2) is 16.3 Å². The van der Waals surface area contributed by atoms with Gasteiger partial charge in [-0.15, -0.1) is 11.3 Å². The normalized spacial score (nSPS) is 12.6. The number of hydrogen-bond acceptors (Lipinski definition) is 6. The van der Waals surface area contributed by atoms with Crippen LogP contribution in [-0.2, 0) is 10.8 Å². The van der Waals surface area contributed by atoms with Gasteiger partial charge in [0.05, 0.1) is 18.2 Å². The number of phenolic OH excluding ortho intramolecular Hbond substituents is 1. The summed E-state index contributed by atoms with van der Waals surface area (Å²) in [6, 6.07) is 7.72. The van der Waals surface area contributed by atoms with Crippen molar-refractivity contribution in [1.82, 2.24) is 4.98 Å². The van der Waals surface area contributed by atoms with Crippen molar-refractivity contribution in [3.05, 3.63) is 52.8 Å². The van der Waals surface area contributed by atoms with Crippen molar-refractivity contribution in [2.24, 2.45) is 5.10 Å². The Bertz CT molecular complexity index is 939. The van der Waals surface area contributed by atoms with Crippen LogP contribution < -0.4 is 5.43 Å². The molecule has 6 heteroatoms. The highest BCUT2D eigenvalue weighted by molar-refractivity contribution is 7.14. The molecule has 0 atom stereocenters. The van der Waals surface area contributed by atoms with Crippen LogP contribution in [0, 0.1) is 0 Å². The molecule has 0 saturated heterocycles. The Hall–Kier alpha value is -2.60. The van der Waals surface area contributed by atoms with Gasteiger partial charge >= 0.3 is 0 Å². The fourth-order valence-electron chi connectivity index (χ4n) is 2.90. The third kappa shape index (κ3) is 4.44. The fraction of sp³-hybridized carbons (Fsp3) is 0.364. The topological polar surface area (TPSA) is 70.7 Å². The molecule has 0 radical (unpaired) electrons. The van der Waals surface area contributed by atoms with Crippen LogP contribution in [0.15, 0.2) is 45.4 Å². The summed E-state index contributed by atoms with van der Waals surface area (Å²) >= 11 is 1.48. The monoisotopic (exact) mass is 397 g/mol. The van der Waals surface area contributed by atoms with Gasteiger partial charge in [-0.25, -0.2) is 4.98 Å². The molecule has 0 fully saturated rings. The first-order chi connectivity index (χ1) is 13.1. The molecule has 0 bridgehead atoms. The molecule has 2 aromatic heterocycles. The number of hydrazone groups is 1. The van der Waals surface area contributed by atoms with Crippen LogP contribution >= 0.6 is 11.3 Å². The van der Waals surface area contributed by atoms with Gasteiger partial charge in [0.2, 0.25) is 5.13 Å². The molecular weight excluding hydrogens is 370 g/mol. The van der Waals surface area contributed by atoms with E-state index >= 15 is 0 Å². The van der Waals surface area contributed by atoms with E-state index in [2.05, 4.69) is 57.1 Å². The van der Waals surface area contributed by atoms with E-state index in [1.165, 1.54) is 11.3 Å². The summed E-state index contributed by atoms with van der Waals surface area (Å²) in [5.41, 5.74) is 6.29. The van der Waals surface area contributed by atoms with Gasteiger partial charge in [0, 0.05) is 22.1 Å². The fourth-order valence-corrected chi connectivity index (χ4v) is 3.57. The third-order valence-corrected chi connectivity index (χ3v) is 5.17. The molecule has 0 aliphatic carbocycles. The van der Waals surface area contributed by atoms with Gasteiger partial charge in [-0.1, -0.05) is 41.5 Å². The summed E-state index contributed by atoms with van der Waals surface area (Å²) in [5, 5.41) is 17.7. The Morgan fingerprint density at radius 3 is 2.29 bits per heavy atom. The van der Waals surface area contributed by atoms with E-state index in [-0.39, 0.29) is 10.8 Å². The van der Waals surface area contributed by atoms with Gasteiger partial charge in [0.1, 0.15) is 11.5 Å². The first-order valence-corrected chi connectivity index (χ1v) is 10.1. The largest absolute Gasteiger partial charge is 0.507 e. The highest BCUT2D eigenvalue weighted by atomic mass is 32.1. The lowest BCUT2D eigenvalue weighted by molar-refractivity contribution is 0.423. The number of nitrogens with one attached hydrogen (secondary N) is 1. The maximum Gasteiger partial charge on any atom is 0.203 e. The van der Waals surface area contributed by atoms with Crippen molar-refractivity contribution < 1.29 is 9.52 Å². The maximum absolute atomic E-state index is 10.9. The van der Waals surface area contributed by atoms with Crippen LogP contribution in [0.2, 0.25) is 0 Å². The maximum atomic E-state index is 10.9. The lowest BCUT2D eigenvalue weighted by Crippen LogP contribution is -2.17. The van der Waals surface area contributed by atoms with Crippen molar-refractivity contribution in [3.63, 3.8) is 0 Å². The number of rotatable bonds is 4. The number of aromatic hydroxyl groups is 1. The number of aromatic nitrogens is 1. The van der Waals surface area contributed by atoms with Crippen molar-refractivity contribution in [2.75, 3.05) is 5.43 Å². The SMILES string of the molecule is CC(C)(C)c1cc(-c2csc(N/N=C\c3ccco3)n2)cc(C(C)(C)C)c1O. The van der Waals surface area contributed by atoms with Crippen molar-refractivity contribution in [2.45, 2.75) is 52.4 Å². The van der Waals surface area contributed by atoms with Crippen molar-refractivity contribution >= 4 is 22.7 Å². The molecule has 1 aromatic carbocycles. The number of hydrogen-bond donors (Lipinski definition) is 2. The number of thiazole rings is 1. The molecule has 3 aromatic rings. The predicted octanol–water partition coefficient (Wildman–Crippen LogP) is 6.15. The highest BCUT2D eigenvalue weighted by Gasteiger charge is 2.27. The highest BCUT2D eigenvalue weighted by Crippen LogP contribution is 2.42. The number of phenols is 1. The minimum Gasteiger partial charge on any atom is -0.507 e. The molecule has 0 amide bonds. The summed E-state index contributed by atoms with van der Waals surface area (Å²) in [7, 11) is 0. The quantitative estimate of drug-likeness (QED) is 0.409. The van der Waals surface area contributed by atoms with Crippen LogP contribution in [0.1, 0.15) is 58.4 Å². The lowest BCUT2D eigenvalue weighted by atomic mass is 9.78. The molecule has 28 heavy (non-hydrogen) atoms. The van der Waals surface area contributed by atoms with Gasteiger partial charge in [-0.2, -0.15) is 5.10 Å². The minimum atomic E-state index is -0.176. The summed E-state index contributed by atoms with van der Waals surface area (Å²) in [6.45, 7) is 12.6. The molecular formula is C22H27N3O2S. The molecule has 0 saturated carbocycles. The molecule has 0 aliphatic heterocycles. The Morgan fingerprint density at radius 2 is 1.75 bits per heavy atom. The van der Waals surface area contributed by atoms with E-state index in [1.807, 2.05) is 29.6 Å². The van der Waals surface area contributed by atoms with Crippen molar-refractivity contribution in [1.29, 1.82) is 0 Å². The molecule has 0 unspecified atom stereocenters. The summed E-state index contributed by atoms with van der Waals surface area (Å²) < 4.78 is 5.22. The van der Waals surface area contributed by atoms with Gasteiger partial charge < -0.3 is 9.52 Å². The van der Waals surface area contributed by atoms with Crippen LogP contribution in [0.25, 0.3) is 11.3 Å². The van der Waals surface area contributed by atoms with Gasteiger partial charge in [-0.05, 0) is 35.1 Å².